The molecule has 0 rings (SSSR count). The summed E-state index contributed by atoms with van der Waals surface area (Å²) in [4.78, 5) is 35.1. The minimum Gasteiger partial charge on any atom is -0.478 e. The van der Waals surface area contributed by atoms with E-state index in [0.717, 1.165) is 0 Å². The third-order valence-electron chi connectivity index (χ3n) is 2.56. The number of nitrogens with zero attached hydrogens (tertiary/aromatic N) is 2. The van der Waals surface area contributed by atoms with Crippen LogP contribution in [0.5, 0.6) is 0 Å². The molecule has 0 radical (unpaired) electrons. The van der Waals surface area contributed by atoms with E-state index in [0.29, 0.717) is 0 Å². The van der Waals surface area contributed by atoms with Crippen molar-refractivity contribution in [3.8, 4) is 6.07 Å². The molecule has 3 amide bonds. The molecule has 0 aromatic carbocycles. The molecule has 0 bridgehead atoms. The number of carboxylic acid groups (broad SMARTS) is 1. The maximum atomic E-state index is 11.6. The number of imide groups is 1. The number of amides is 3. The molecule has 7 nitrogen and oxygen atoms in total. The van der Waals surface area contributed by atoms with E-state index in [1.165, 1.54) is 25.8 Å². The second kappa shape index (κ2) is 7.16. The van der Waals surface area contributed by atoms with Gasteiger partial charge in [0.25, 0.3) is 5.91 Å². The van der Waals surface area contributed by atoms with E-state index in [9.17, 15) is 14.4 Å². The summed E-state index contributed by atoms with van der Waals surface area (Å²) in [6.45, 7) is 4.43. The Bertz CT molecular complexity index is 462. The summed E-state index contributed by atoms with van der Waals surface area (Å²) in [5.74, 6) is -2.34. The summed E-state index contributed by atoms with van der Waals surface area (Å²) in [5.41, 5.74) is -0.166. The normalized spacial score (nSPS) is 12.8. The zero-order valence-electron chi connectivity index (χ0n) is 11.4. The molecule has 104 valence electrons. The summed E-state index contributed by atoms with van der Waals surface area (Å²) in [6, 6.07) is 1.29. The highest BCUT2D eigenvalue weighted by Gasteiger charge is 2.18. The number of nitrogens with one attached hydrogen (secondary N) is 1. The van der Waals surface area contributed by atoms with Crippen LogP contribution in [0, 0.1) is 17.2 Å². The number of nitriles is 1. The Labute approximate surface area is 111 Å². The number of hydrogen-bond acceptors (Lipinski definition) is 4. The number of hydrogen-bond donors (Lipinski definition) is 2. The Morgan fingerprint density at radius 2 is 1.84 bits per heavy atom. The molecular formula is C12H17N3O4. The van der Waals surface area contributed by atoms with Crippen LogP contribution in [-0.4, -0.2) is 41.5 Å². The minimum atomic E-state index is -1.22. The molecule has 0 spiro atoms. The predicted molar refractivity (Wildman–Crippen MR) is 67.0 cm³/mol. The third-order valence-corrected chi connectivity index (χ3v) is 2.56. The first kappa shape index (κ1) is 16.6. The van der Waals surface area contributed by atoms with Crippen molar-refractivity contribution < 1.29 is 19.5 Å². The second-order valence-electron chi connectivity index (χ2n) is 4.23. The van der Waals surface area contributed by atoms with Gasteiger partial charge in [-0.25, -0.2) is 9.59 Å². The molecule has 2 N–H and O–H groups in total. The lowest BCUT2D eigenvalue weighted by Crippen LogP contribution is -2.42. The summed E-state index contributed by atoms with van der Waals surface area (Å²) in [7, 11) is 1.44. The molecule has 1 unspecified atom stereocenters. The van der Waals surface area contributed by atoms with Crippen molar-refractivity contribution >= 4 is 17.9 Å². The lowest BCUT2D eigenvalue weighted by molar-refractivity contribution is -0.133. The lowest BCUT2D eigenvalue weighted by atomic mass is 10.1. The largest absolute Gasteiger partial charge is 0.478 e. The SMILES string of the molecule is CC(C(=O)O)=C(C)C(=O)NC(=O)N(C)CC(C)C#N. The zero-order chi connectivity index (χ0) is 15.2. The summed E-state index contributed by atoms with van der Waals surface area (Å²) in [6.07, 6.45) is 0. The first-order chi connectivity index (χ1) is 8.70. The van der Waals surface area contributed by atoms with E-state index in [2.05, 4.69) is 5.32 Å². The van der Waals surface area contributed by atoms with Crippen LogP contribution in [0.2, 0.25) is 0 Å². The number of aliphatic carboxylic acids is 1. The number of carboxylic acids is 1. The quantitative estimate of drug-likeness (QED) is 0.730. The number of rotatable bonds is 4. The molecule has 0 aliphatic heterocycles. The molecule has 0 aliphatic rings. The molecule has 0 heterocycles. The summed E-state index contributed by atoms with van der Waals surface area (Å²) < 4.78 is 0. The van der Waals surface area contributed by atoms with Crippen molar-refractivity contribution in [1.29, 1.82) is 5.26 Å². The zero-order valence-corrected chi connectivity index (χ0v) is 11.4. The van der Waals surface area contributed by atoms with Gasteiger partial charge in [0.1, 0.15) is 0 Å². The average molecular weight is 267 g/mol. The van der Waals surface area contributed by atoms with Gasteiger partial charge in [0.2, 0.25) is 0 Å². The predicted octanol–water partition coefficient (Wildman–Crippen LogP) is 0.735. The van der Waals surface area contributed by atoms with Crippen LogP contribution in [0.15, 0.2) is 11.1 Å². The highest BCUT2D eigenvalue weighted by atomic mass is 16.4. The van der Waals surface area contributed by atoms with Crippen LogP contribution in [0.1, 0.15) is 20.8 Å². The van der Waals surface area contributed by atoms with Crippen molar-refractivity contribution in [1.82, 2.24) is 10.2 Å². The minimum absolute atomic E-state index is 0.0393. The van der Waals surface area contributed by atoms with Gasteiger partial charge in [0.05, 0.1) is 12.0 Å². The Morgan fingerprint density at radius 3 is 2.26 bits per heavy atom. The Kier molecular flexibility index (Phi) is 6.27. The maximum Gasteiger partial charge on any atom is 0.331 e. The van der Waals surface area contributed by atoms with Gasteiger partial charge in [-0.2, -0.15) is 5.26 Å². The van der Waals surface area contributed by atoms with Gasteiger partial charge >= 0.3 is 12.0 Å². The summed E-state index contributed by atoms with van der Waals surface area (Å²) >= 11 is 0. The molecule has 0 aromatic heterocycles. The van der Waals surface area contributed by atoms with Gasteiger partial charge in [0.15, 0.2) is 0 Å². The number of carbonyl (C=O) groups is 3. The van der Waals surface area contributed by atoms with E-state index < -0.39 is 17.9 Å². The van der Waals surface area contributed by atoms with Gasteiger partial charge < -0.3 is 10.0 Å². The molecule has 0 aliphatic carbocycles. The van der Waals surface area contributed by atoms with E-state index >= 15 is 0 Å². The molecule has 19 heavy (non-hydrogen) atoms. The van der Waals surface area contributed by atoms with Gasteiger partial charge in [-0.1, -0.05) is 0 Å². The van der Waals surface area contributed by atoms with Crippen LogP contribution < -0.4 is 5.32 Å². The molecular weight excluding hydrogens is 250 g/mol. The van der Waals surface area contributed by atoms with Crippen molar-refractivity contribution in [3.63, 3.8) is 0 Å². The molecule has 0 saturated heterocycles. The van der Waals surface area contributed by atoms with Crippen LogP contribution in [0.3, 0.4) is 0 Å². The topological polar surface area (TPSA) is 110 Å². The van der Waals surface area contributed by atoms with Crippen molar-refractivity contribution in [2.24, 2.45) is 5.92 Å². The van der Waals surface area contributed by atoms with Crippen LogP contribution >= 0.6 is 0 Å². The fraction of sp³-hybridized carbons (Fsp3) is 0.500. The van der Waals surface area contributed by atoms with Crippen molar-refractivity contribution in [2.45, 2.75) is 20.8 Å². The molecule has 1 atom stereocenters. The fourth-order valence-corrected chi connectivity index (χ4v) is 1.15. The molecule has 0 saturated carbocycles. The van der Waals surface area contributed by atoms with Gasteiger partial charge in [0, 0.05) is 24.7 Å². The lowest BCUT2D eigenvalue weighted by Gasteiger charge is -2.18. The van der Waals surface area contributed by atoms with Gasteiger partial charge in [-0.15, -0.1) is 0 Å². The first-order valence-corrected chi connectivity index (χ1v) is 5.57. The van der Waals surface area contributed by atoms with Crippen LogP contribution in [-0.2, 0) is 9.59 Å². The number of carbonyl (C=O) groups excluding carboxylic acids is 2. The van der Waals surface area contributed by atoms with E-state index in [1.807, 2.05) is 6.07 Å². The molecule has 0 fully saturated rings. The molecule has 0 aromatic rings. The monoisotopic (exact) mass is 267 g/mol. The Balaban J connectivity index is 4.67. The third kappa shape index (κ3) is 5.21. The average Bonchev–Trinajstić information content (AvgIpc) is 2.35. The highest BCUT2D eigenvalue weighted by molar-refractivity contribution is 6.07. The maximum absolute atomic E-state index is 11.6. The smallest absolute Gasteiger partial charge is 0.331 e. The van der Waals surface area contributed by atoms with Crippen LogP contribution in [0.4, 0.5) is 4.79 Å². The van der Waals surface area contributed by atoms with Gasteiger partial charge in [-0.05, 0) is 20.8 Å². The van der Waals surface area contributed by atoms with E-state index in [1.54, 1.807) is 6.92 Å². The van der Waals surface area contributed by atoms with E-state index in [-0.39, 0.29) is 23.6 Å². The Morgan fingerprint density at radius 1 is 1.32 bits per heavy atom. The van der Waals surface area contributed by atoms with Crippen molar-refractivity contribution in [3.05, 3.63) is 11.1 Å². The highest BCUT2D eigenvalue weighted by Crippen LogP contribution is 2.04. The van der Waals surface area contributed by atoms with E-state index in [4.69, 9.17) is 10.4 Å². The first-order valence-electron chi connectivity index (χ1n) is 5.57. The fourth-order valence-electron chi connectivity index (χ4n) is 1.15. The van der Waals surface area contributed by atoms with Crippen LogP contribution in [0.25, 0.3) is 0 Å². The standard InChI is InChI=1S/C12H17N3O4/c1-7(5-13)6-15(4)12(19)14-10(16)8(2)9(3)11(17)18/h7H,6H2,1-4H3,(H,17,18)(H,14,16,19). The van der Waals surface area contributed by atoms with Crippen molar-refractivity contribution in [2.75, 3.05) is 13.6 Å². The summed E-state index contributed by atoms with van der Waals surface area (Å²) in [5, 5.41) is 19.4. The number of urea groups is 1. The molecule has 7 heteroatoms. The van der Waals surface area contributed by atoms with Gasteiger partial charge in [-0.3, -0.25) is 10.1 Å². The second-order valence-corrected chi connectivity index (χ2v) is 4.23. The Hall–Kier alpha value is -2.36.